The molecule has 28 heavy (non-hydrogen) atoms. The zero-order chi connectivity index (χ0) is 19.8. The minimum absolute atomic E-state index is 0.311. The molecule has 0 radical (unpaired) electrons. The lowest BCUT2D eigenvalue weighted by atomic mass is 10.0. The lowest BCUT2D eigenvalue weighted by molar-refractivity contribution is -0.144. The van der Waals surface area contributed by atoms with Gasteiger partial charge in [0, 0.05) is 34.4 Å². The fourth-order valence-corrected chi connectivity index (χ4v) is 3.23. The molecule has 5 heteroatoms. The highest BCUT2D eigenvalue weighted by Gasteiger charge is 2.22. The summed E-state index contributed by atoms with van der Waals surface area (Å²) < 4.78 is 6.20. The number of nitrogens with zero attached hydrogens (tertiary/aromatic N) is 2. The fraction of sp³-hybridized carbons (Fsp3) is 0.174. The summed E-state index contributed by atoms with van der Waals surface area (Å²) in [6.07, 6.45) is 3.85. The molecule has 0 aliphatic rings. The summed E-state index contributed by atoms with van der Waals surface area (Å²) in [5.74, 6) is -0.345. The largest absolute Gasteiger partial charge is 0.464 e. The predicted octanol–water partition coefficient (Wildman–Crippen LogP) is 4.86. The molecule has 0 spiro atoms. The molecular formula is C23H21BrN2O2. The van der Waals surface area contributed by atoms with Crippen LogP contribution in [0.5, 0.6) is 0 Å². The SMILES string of the molecule is CCOC(=O)C(Cc1cnccc1Br)N=C(c1ccccc1)c1ccccc1. The van der Waals surface area contributed by atoms with Crippen molar-refractivity contribution in [3.63, 3.8) is 0 Å². The van der Waals surface area contributed by atoms with Gasteiger partial charge in [-0.1, -0.05) is 76.6 Å². The van der Waals surface area contributed by atoms with Crippen LogP contribution in [0.25, 0.3) is 0 Å². The van der Waals surface area contributed by atoms with Gasteiger partial charge in [-0.2, -0.15) is 0 Å². The van der Waals surface area contributed by atoms with Crippen molar-refractivity contribution < 1.29 is 9.53 Å². The van der Waals surface area contributed by atoms with E-state index in [-0.39, 0.29) is 5.97 Å². The van der Waals surface area contributed by atoms with Crippen LogP contribution in [0.4, 0.5) is 0 Å². The molecule has 0 amide bonds. The molecule has 1 aromatic heterocycles. The number of hydrogen-bond donors (Lipinski definition) is 0. The van der Waals surface area contributed by atoms with Crippen LogP contribution in [0.3, 0.4) is 0 Å². The summed E-state index contributed by atoms with van der Waals surface area (Å²) >= 11 is 3.53. The predicted molar refractivity (Wildman–Crippen MR) is 115 cm³/mol. The smallest absolute Gasteiger partial charge is 0.331 e. The van der Waals surface area contributed by atoms with E-state index >= 15 is 0 Å². The molecule has 3 rings (SSSR count). The first-order valence-corrected chi connectivity index (χ1v) is 9.92. The Balaban J connectivity index is 2.06. The van der Waals surface area contributed by atoms with Crippen LogP contribution in [0.2, 0.25) is 0 Å². The first-order chi connectivity index (χ1) is 13.7. The van der Waals surface area contributed by atoms with Crippen molar-refractivity contribution >= 4 is 27.6 Å². The molecule has 0 fully saturated rings. The number of ether oxygens (including phenoxy) is 1. The second-order valence-electron chi connectivity index (χ2n) is 6.15. The Morgan fingerprint density at radius 1 is 1.04 bits per heavy atom. The Morgan fingerprint density at radius 3 is 2.18 bits per heavy atom. The maximum atomic E-state index is 12.7. The summed E-state index contributed by atoms with van der Waals surface area (Å²) in [6.45, 7) is 2.11. The zero-order valence-electron chi connectivity index (χ0n) is 15.6. The van der Waals surface area contributed by atoms with Crippen molar-refractivity contribution in [2.24, 2.45) is 4.99 Å². The van der Waals surface area contributed by atoms with Crippen LogP contribution in [-0.2, 0) is 16.0 Å². The number of aromatic nitrogens is 1. The highest BCUT2D eigenvalue weighted by atomic mass is 79.9. The molecule has 0 aliphatic carbocycles. The third-order valence-electron chi connectivity index (χ3n) is 4.20. The van der Waals surface area contributed by atoms with Crippen LogP contribution < -0.4 is 0 Å². The van der Waals surface area contributed by atoms with Gasteiger partial charge >= 0.3 is 5.97 Å². The zero-order valence-corrected chi connectivity index (χ0v) is 17.2. The van der Waals surface area contributed by atoms with Crippen molar-refractivity contribution in [2.45, 2.75) is 19.4 Å². The van der Waals surface area contributed by atoms with Crippen LogP contribution in [0, 0.1) is 0 Å². The molecule has 3 aromatic rings. The summed E-state index contributed by atoms with van der Waals surface area (Å²) in [7, 11) is 0. The third kappa shape index (κ3) is 5.14. The van der Waals surface area contributed by atoms with E-state index in [1.807, 2.05) is 66.7 Å². The van der Waals surface area contributed by atoms with Crippen LogP contribution >= 0.6 is 15.9 Å². The maximum absolute atomic E-state index is 12.7. The summed E-state index contributed by atoms with van der Waals surface area (Å²) in [5, 5.41) is 0. The van der Waals surface area contributed by atoms with Crippen molar-refractivity contribution in [3.05, 3.63) is 100 Å². The number of esters is 1. The second-order valence-corrected chi connectivity index (χ2v) is 7.00. The quantitative estimate of drug-likeness (QED) is 0.392. The van der Waals surface area contributed by atoms with Gasteiger partial charge in [0.25, 0.3) is 0 Å². The van der Waals surface area contributed by atoms with Crippen molar-refractivity contribution in [1.82, 2.24) is 4.98 Å². The van der Waals surface area contributed by atoms with E-state index in [4.69, 9.17) is 9.73 Å². The third-order valence-corrected chi connectivity index (χ3v) is 4.97. The minimum atomic E-state index is -0.670. The van der Waals surface area contributed by atoms with Gasteiger partial charge in [0.15, 0.2) is 6.04 Å². The van der Waals surface area contributed by atoms with E-state index < -0.39 is 6.04 Å². The topological polar surface area (TPSA) is 51.5 Å². The summed E-state index contributed by atoms with van der Waals surface area (Å²) in [6, 6.07) is 20.9. The minimum Gasteiger partial charge on any atom is -0.464 e. The Morgan fingerprint density at radius 2 is 1.64 bits per heavy atom. The van der Waals surface area contributed by atoms with E-state index in [1.54, 1.807) is 19.3 Å². The molecule has 0 saturated heterocycles. The normalized spacial score (nSPS) is 11.5. The van der Waals surface area contributed by atoms with Gasteiger partial charge in [0.2, 0.25) is 0 Å². The average molecular weight is 437 g/mol. The molecule has 0 saturated carbocycles. The monoisotopic (exact) mass is 436 g/mol. The van der Waals surface area contributed by atoms with E-state index in [9.17, 15) is 4.79 Å². The van der Waals surface area contributed by atoms with Crippen LogP contribution in [0.1, 0.15) is 23.6 Å². The van der Waals surface area contributed by atoms with Crippen molar-refractivity contribution in [1.29, 1.82) is 0 Å². The molecule has 142 valence electrons. The molecular weight excluding hydrogens is 416 g/mol. The van der Waals surface area contributed by atoms with E-state index in [0.29, 0.717) is 13.0 Å². The average Bonchev–Trinajstić information content (AvgIpc) is 2.74. The molecule has 0 aliphatic heterocycles. The molecule has 0 bridgehead atoms. The maximum Gasteiger partial charge on any atom is 0.331 e. The number of pyridine rings is 1. The molecule has 1 atom stereocenters. The molecule has 1 heterocycles. The number of halogens is 1. The summed E-state index contributed by atoms with van der Waals surface area (Å²) in [4.78, 5) is 21.7. The molecule has 0 N–H and O–H groups in total. The van der Waals surface area contributed by atoms with Gasteiger partial charge in [0.05, 0.1) is 12.3 Å². The number of carbonyl (C=O) groups excluding carboxylic acids is 1. The number of rotatable bonds is 7. The lowest BCUT2D eigenvalue weighted by Crippen LogP contribution is -2.26. The summed E-state index contributed by atoms with van der Waals surface area (Å²) in [5.41, 5.74) is 3.57. The van der Waals surface area contributed by atoms with Gasteiger partial charge in [0.1, 0.15) is 0 Å². The number of hydrogen-bond acceptors (Lipinski definition) is 4. The van der Waals surface area contributed by atoms with Crippen LogP contribution in [0.15, 0.2) is 88.6 Å². The molecule has 4 nitrogen and oxygen atoms in total. The number of benzene rings is 2. The highest BCUT2D eigenvalue weighted by Crippen LogP contribution is 2.20. The number of aliphatic imine (C=N–C) groups is 1. The Bertz CT molecular complexity index is 902. The van der Waals surface area contributed by atoms with Gasteiger partial charge in [-0.15, -0.1) is 0 Å². The highest BCUT2D eigenvalue weighted by molar-refractivity contribution is 9.10. The second kappa shape index (κ2) is 9.95. The molecule has 2 aromatic carbocycles. The Kier molecular flexibility index (Phi) is 7.09. The fourth-order valence-electron chi connectivity index (χ4n) is 2.85. The van der Waals surface area contributed by atoms with Gasteiger partial charge < -0.3 is 4.74 Å². The molecule has 1 unspecified atom stereocenters. The standard InChI is InChI=1S/C23H21BrN2O2/c1-2-28-23(27)21(15-19-16-25-14-13-20(19)24)26-22(17-9-5-3-6-10-17)18-11-7-4-8-12-18/h3-14,16,21H,2,15H2,1H3. The van der Waals surface area contributed by atoms with E-state index in [1.165, 1.54) is 0 Å². The van der Waals surface area contributed by atoms with Gasteiger partial charge in [-0.05, 0) is 18.6 Å². The van der Waals surface area contributed by atoms with E-state index in [2.05, 4.69) is 20.9 Å². The lowest BCUT2D eigenvalue weighted by Gasteiger charge is -2.16. The Hall–Kier alpha value is -2.79. The van der Waals surface area contributed by atoms with Gasteiger partial charge in [-0.25, -0.2) is 4.79 Å². The van der Waals surface area contributed by atoms with Crippen molar-refractivity contribution in [3.8, 4) is 0 Å². The number of carbonyl (C=O) groups is 1. The van der Waals surface area contributed by atoms with Crippen LogP contribution in [-0.4, -0.2) is 29.3 Å². The Labute approximate surface area is 173 Å². The van der Waals surface area contributed by atoms with Crippen molar-refractivity contribution in [2.75, 3.05) is 6.61 Å². The first kappa shape index (κ1) is 20.0. The van der Waals surface area contributed by atoms with Gasteiger partial charge in [-0.3, -0.25) is 9.98 Å². The van der Waals surface area contributed by atoms with E-state index in [0.717, 1.165) is 26.9 Å². The first-order valence-electron chi connectivity index (χ1n) is 9.12.